The van der Waals surface area contributed by atoms with Crippen LogP contribution in [0.3, 0.4) is 0 Å². The normalized spacial score (nSPS) is 20.7. The Kier molecular flexibility index (Phi) is 9.89. The summed E-state index contributed by atoms with van der Waals surface area (Å²) in [6.07, 6.45) is 1.93. The lowest BCUT2D eigenvalue weighted by Gasteiger charge is -2.33. The maximum Gasteiger partial charge on any atom is 0.226 e. The van der Waals surface area contributed by atoms with Gasteiger partial charge in [0.25, 0.3) is 0 Å². The number of hydrogen-bond acceptors (Lipinski definition) is 4. The van der Waals surface area contributed by atoms with Gasteiger partial charge in [0.2, 0.25) is 5.91 Å². The molecule has 2 atom stereocenters. The number of hydrogen-bond donors (Lipinski definition) is 1. The molecule has 1 aromatic rings. The first-order chi connectivity index (χ1) is 11.1. The zero-order valence-electron chi connectivity index (χ0n) is 15.2. The molecule has 1 aliphatic heterocycles. The summed E-state index contributed by atoms with van der Waals surface area (Å²) in [6, 6.07) is 4.65. The Morgan fingerprint density at radius 3 is 2.67 bits per heavy atom. The third-order valence-corrected chi connectivity index (χ3v) is 5.65. The van der Waals surface area contributed by atoms with Crippen LogP contribution < -0.4 is 5.32 Å². The smallest absolute Gasteiger partial charge is 0.226 e. The Morgan fingerprint density at radius 2 is 2.08 bits per heavy atom. The number of likely N-dealkylation sites (N-methyl/N-ethyl adjacent to an activating group) is 1. The predicted octanol–water partition coefficient (Wildman–Crippen LogP) is 3.23. The Balaban J connectivity index is 0.00000288. The highest BCUT2D eigenvalue weighted by molar-refractivity contribution is 7.09. The fraction of sp³-hybridized carbons (Fsp3) is 0.722. The van der Waals surface area contributed by atoms with E-state index < -0.39 is 0 Å². The van der Waals surface area contributed by atoms with Gasteiger partial charge in [-0.2, -0.15) is 0 Å². The van der Waals surface area contributed by atoms with Gasteiger partial charge in [0.1, 0.15) is 0 Å². The van der Waals surface area contributed by atoms with Crippen molar-refractivity contribution in [3.05, 3.63) is 22.4 Å². The highest BCUT2D eigenvalue weighted by Crippen LogP contribution is 2.21. The lowest BCUT2D eigenvalue weighted by Crippen LogP contribution is -2.45. The molecule has 0 radical (unpaired) electrons. The van der Waals surface area contributed by atoms with Crippen LogP contribution in [0.15, 0.2) is 17.5 Å². The molecular weight excluding hydrogens is 342 g/mol. The molecule has 0 aromatic carbocycles. The van der Waals surface area contributed by atoms with Gasteiger partial charge < -0.3 is 15.1 Å². The molecule has 24 heavy (non-hydrogen) atoms. The van der Waals surface area contributed by atoms with E-state index in [-0.39, 0.29) is 18.3 Å². The fourth-order valence-electron chi connectivity index (χ4n) is 3.27. The van der Waals surface area contributed by atoms with Crippen LogP contribution >= 0.6 is 23.7 Å². The van der Waals surface area contributed by atoms with Gasteiger partial charge in [-0.05, 0) is 50.8 Å². The molecular formula is C18H32ClN3OS. The van der Waals surface area contributed by atoms with E-state index >= 15 is 0 Å². The van der Waals surface area contributed by atoms with Gasteiger partial charge in [-0.25, -0.2) is 0 Å². The molecule has 1 N–H and O–H groups in total. The summed E-state index contributed by atoms with van der Waals surface area (Å²) in [5.74, 6) is 0.529. The summed E-state index contributed by atoms with van der Waals surface area (Å²) < 4.78 is 0. The van der Waals surface area contributed by atoms with E-state index in [2.05, 4.69) is 53.4 Å². The Morgan fingerprint density at radius 1 is 1.33 bits per heavy atom. The standard InChI is InChI=1S/C18H31N3OS.ClH/c1-4-20(5-2)10-11-21(14-17-7-6-12-23-17)18(22)16-8-9-19-15(3)13-16;/h6-7,12,15-16,19H,4-5,8-11,13-14H2,1-3H3;1H/t15-,16-;/m0./s1. The van der Waals surface area contributed by atoms with Crippen LogP contribution in [0.5, 0.6) is 0 Å². The van der Waals surface area contributed by atoms with Crippen LogP contribution in [-0.4, -0.2) is 54.5 Å². The first-order valence-electron chi connectivity index (χ1n) is 8.90. The zero-order valence-corrected chi connectivity index (χ0v) is 16.8. The molecule has 0 unspecified atom stereocenters. The maximum atomic E-state index is 13.0. The second kappa shape index (κ2) is 11.1. The Bertz CT molecular complexity index is 465. The molecule has 0 aliphatic carbocycles. The number of nitrogens with one attached hydrogen (secondary N) is 1. The summed E-state index contributed by atoms with van der Waals surface area (Å²) in [7, 11) is 0. The van der Waals surface area contributed by atoms with Gasteiger partial charge >= 0.3 is 0 Å². The van der Waals surface area contributed by atoms with Crippen molar-refractivity contribution in [1.82, 2.24) is 15.1 Å². The lowest BCUT2D eigenvalue weighted by atomic mass is 9.92. The van der Waals surface area contributed by atoms with Gasteiger partial charge in [0, 0.05) is 29.9 Å². The van der Waals surface area contributed by atoms with Crippen LogP contribution in [-0.2, 0) is 11.3 Å². The number of carbonyl (C=O) groups is 1. The molecule has 1 aromatic heterocycles. The van der Waals surface area contributed by atoms with E-state index in [0.29, 0.717) is 11.9 Å². The summed E-state index contributed by atoms with van der Waals surface area (Å²) >= 11 is 1.74. The average Bonchev–Trinajstić information content (AvgIpc) is 3.07. The molecule has 1 amide bonds. The average molecular weight is 374 g/mol. The number of rotatable bonds is 8. The van der Waals surface area contributed by atoms with Crippen LogP contribution in [0.1, 0.15) is 38.5 Å². The van der Waals surface area contributed by atoms with Crippen molar-refractivity contribution in [3.63, 3.8) is 0 Å². The monoisotopic (exact) mass is 373 g/mol. The van der Waals surface area contributed by atoms with Gasteiger partial charge in [-0.1, -0.05) is 19.9 Å². The van der Waals surface area contributed by atoms with Gasteiger partial charge in [0.05, 0.1) is 6.54 Å². The second-order valence-corrected chi connectivity index (χ2v) is 7.47. The molecule has 2 heterocycles. The second-order valence-electron chi connectivity index (χ2n) is 6.44. The van der Waals surface area contributed by atoms with Crippen molar-refractivity contribution in [3.8, 4) is 0 Å². The third kappa shape index (κ3) is 6.36. The van der Waals surface area contributed by atoms with E-state index in [1.807, 2.05) is 0 Å². The van der Waals surface area contributed by atoms with Crippen LogP contribution in [0.25, 0.3) is 0 Å². The molecule has 1 saturated heterocycles. The van der Waals surface area contributed by atoms with Crippen molar-refractivity contribution in [2.24, 2.45) is 5.92 Å². The highest BCUT2D eigenvalue weighted by Gasteiger charge is 2.28. The van der Waals surface area contributed by atoms with E-state index in [0.717, 1.165) is 52.1 Å². The molecule has 1 aliphatic rings. The quantitative estimate of drug-likeness (QED) is 0.759. The molecule has 4 nitrogen and oxygen atoms in total. The lowest BCUT2D eigenvalue weighted by molar-refractivity contribution is -0.137. The molecule has 2 rings (SSSR count). The maximum absolute atomic E-state index is 13.0. The zero-order chi connectivity index (χ0) is 16.7. The van der Waals surface area contributed by atoms with Crippen LogP contribution in [0, 0.1) is 5.92 Å². The molecule has 0 spiro atoms. The molecule has 6 heteroatoms. The predicted molar refractivity (Wildman–Crippen MR) is 105 cm³/mol. The van der Waals surface area contributed by atoms with Crippen molar-refractivity contribution in [1.29, 1.82) is 0 Å². The number of carbonyl (C=O) groups excluding carboxylic acids is 1. The van der Waals surface area contributed by atoms with E-state index in [1.54, 1.807) is 11.3 Å². The van der Waals surface area contributed by atoms with E-state index in [4.69, 9.17) is 0 Å². The first kappa shape index (κ1) is 21.4. The Labute approximate surface area is 157 Å². The van der Waals surface area contributed by atoms with E-state index in [1.165, 1.54) is 4.88 Å². The number of thiophene rings is 1. The van der Waals surface area contributed by atoms with Gasteiger partial charge in [-0.3, -0.25) is 4.79 Å². The fourth-order valence-corrected chi connectivity index (χ4v) is 3.99. The molecule has 0 saturated carbocycles. The number of piperidine rings is 1. The van der Waals surface area contributed by atoms with Crippen LogP contribution in [0.2, 0.25) is 0 Å². The summed E-state index contributed by atoms with van der Waals surface area (Å²) in [4.78, 5) is 18.8. The third-order valence-electron chi connectivity index (χ3n) is 4.79. The molecule has 0 bridgehead atoms. The summed E-state index contributed by atoms with van der Waals surface area (Å²) in [5, 5.41) is 5.54. The minimum Gasteiger partial charge on any atom is -0.336 e. The Hall–Kier alpha value is -0.620. The largest absolute Gasteiger partial charge is 0.336 e. The number of halogens is 1. The highest BCUT2D eigenvalue weighted by atomic mass is 35.5. The van der Waals surface area contributed by atoms with Gasteiger partial charge in [0.15, 0.2) is 0 Å². The van der Waals surface area contributed by atoms with E-state index in [9.17, 15) is 4.79 Å². The summed E-state index contributed by atoms with van der Waals surface area (Å²) in [6.45, 7) is 12.1. The SMILES string of the molecule is CCN(CC)CCN(Cc1cccs1)C(=O)[C@H]1CCN[C@@H](C)C1.Cl. The van der Waals surface area contributed by atoms with Crippen molar-refractivity contribution in [2.75, 3.05) is 32.7 Å². The molecule has 1 fully saturated rings. The van der Waals surface area contributed by atoms with Crippen LogP contribution in [0.4, 0.5) is 0 Å². The molecule has 138 valence electrons. The van der Waals surface area contributed by atoms with Crippen molar-refractivity contribution >= 4 is 29.7 Å². The minimum atomic E-state index is 0. The topological polar surface area (TPSA) is 35.6 Å². The van der Waals surface area contributed by atoms with Crippen molar-refractivity contribution in [2.45, 2.75) is 46.2 Å². The number of nitrogens with zero attached hydrogens (tertiary/aromatic N) is 2. The van der Waals surface area contributed by atoms with Gasteiger partial charge in [-0.15, -0.1) is 23.7 Å². The number of amides is 1. The minimum absolute atomic E-state index is 0. The van der Waals surface area contributed by atoms with Crippen molar-refractivity contribution < 1.29 is 4.79 Å². The summed E-state index contributed by atoms with van der Waals surface area (Å²) in [5.41, 5.74) is 0. The first-order valence-corrected chi connectivity index (χ1v) is 9.78.